The summed E-state index contributed by atoms with van der Waals surface area (Å²) < 4.78 is 24.1. The highest BCUT2D eigenvalue weighted by Crippen LogP contribution is 2.25. The summed E-state index contributed by atoms with van der Waals surface area (Å²) in [4.78, 5) is 12.5. The highest BCUT2D eigenvalue weighted by atomic mass is 35.7. The molecule has 0 amide bonds. The van der Waals surface area contributed by atoms with E-state index >= 15 is 0 Å². The molecule has 1 aromatic carbocycles. The average Bonchev–Trinajstić information content (AvgIpc) is 3.05. The molecule has 0 spiro atoms. The van der Waals surface area contributed by atoms with Crippen LogP contribution in [0.4, 0.5) is 0 Å². The van der Waals surface area contributed by atoms with Crippen molar-refractivity contribution in [3.63, 3.8) is 0 Å². The minimum Gasteiger partial charge on any atom is -0.306 e. The van der Waals surface area contributed by atoms with Crippen LogP contribution >= 0.6 is 10.7 Å². The fourth-order valence-corrected chi connectivity index (χ4v) is 3.39. The van der Waals surface area contributed by atoms with Crippen LogP contribution in [0.15, 0.2) is 23.1 Å². The van der Waals surface area contributed by atoms with E-state index in [0.717, 1.165) is 19.4 Å². The van der Waals surface area contributed by atoms with Gasteiger partial charge in [-0.25, -0.2) is 8.42 Å². The van der Waals surface area contributed by atoms with Gasteiger partial charge in [-0.2, -0.15) is 9.78 Å². The first-order valence-electron chi connectivity index (χ1n) is 6.59. The van der Waals surface area contributed by atoms with E-state index in [-0.39, 0.29) is 16.8 Å². The van der Waals surface area contributed by atoms with Crippen LogP contribution in [-0.4, -0.2) is 36.7 Å². The van der Waals surface area contributed by atoms with E-state index in [0.29, 0.717) is 16.6 Å². The third-order valence-electron chi connectivity index (χ3n) is 3.68. The maximum Gasteiger partial charge on any atom is 0.264 e. The lowest BCUT2D eigenvalue weighted by Crippen LogP contribution is -2.35. The smallest absolute Gasteiger partial charge is 0.264 e. The van der Waals surface area contributed by atoms with Gasteiger partial charge in [-0.15, -0.1) is 0 Å². The standard InChI is InChI=1S/C13H14ClN3O3S/c1-8-10-7-9(21(14,19)20)4-5-12(10)17(16-8)13(18)11-3-2-6-15-11/h4-5,7,11,15H,2-3,6H2,1H3/t11-/m0/s1. The maximum absolute atomic E-state index is 12.4. The van der Waals surface area contributed by atoms with Gasteiger partial charge in [0.1, 0.15) is 0 Å². The zero-order valence-electron chi connectivity index (χ0n) is 11.3. The number of benzene rings is 1. The van der Waals surface area contributed by atoms with Gasteiger partial charge >= 0.3 is 0 Å². The molecule has 0 unspecified atom stereocenters. The van der Waals surface area contributed by atoms with Crippen LogP contribution < -0.4 is 5.32 Å². The second-order valence-electron chi connectivity index (χ2n) is 5.10. The zero-order chi connectivity index (χ0) is 15.2. The number of hydrogen-bond acceptors (Lipinski definition) is 5. The van der Waals surface area contributed by atoms with Crippen molar-refractivity contribution in [2.45, 2.75) is 30.7 Å². The summed E-state index contributed by atoms with van der Waals surface area (Å²) in [5.74, 6) is -0.118. The van der Waals surface area contributed by atoms with Gasteiger partial charge in [-0.05, 0) is 44.5 Å². The summed E-state index contributed by atoms with van der Waals surface area (Å²) in [6.07, 6.45) is 1.75. The number of aromatic nitrogens is 2. The molecule has 0 radical (unpaired) electrons. The summed E-state index contributed by atoms with van der Waals surface area (Å²) in [6.45, 7) is 2.56. The Morgan fingerprint density at radius 2 is 2.24 bits per heavy atom. The molecule has 1 N–H and O–H groups in total. The Morgan fingerprint density at radius 1 is 1.48 bits per heavy atom. The molecule has 1 fully saturated rings. The van der Waals surface area contributed by atoms with Gasteiger partial charge in [0.2, 0.25) is 0 Å². The number of carbonyl (C=O) groups is 1. The molecule has 1 atom stereocenters. The molecule has 1 aliphatic rings. The molecule has 1 saturated heterocycles. The van der Waals surface area contributed by atoms with Crippen LogP contribution in [0.5, 0.6) is 0 Å². The van der Waals surface area contributed by atoms with Crippen LogP contribution in [0, 0.1) is 6.92 Å². The predicted molar refractivity (Wildman–Crippen MR) is 79.2 cm³/mol. The van der Waals surface area contributed by atoms with Crippen molar-refractivity contribution in [2.24, 2.45) is 0 Å². The van der Waals surface area contributed by atoms with E-state index in [1.807, 2.05) is 0 Å². The summed E-state index contributed by atoms with van der Waals surface area (Å²) in [5, 5.41) is 8.00. The number of aryl methyl sites for hydroxylation is 1. The van der Waals surface area contributed by atoms with Crippen molar-refractivity contribution in [1.82, 2.24) is 15.1 Å². The molecule has 2 aromatic rings. The van der Waals surface area contributed by atoms with Crippen molar-refractivity contribution in [3.05, 3.63) is 23.9 Å². The Hall–Kier alpha value is -1.44. The number of nitrogens with one attached hydrogen (secondary N) is 1. The summed E-state index contributed by atoms with van der Waals surface area (Å²) in [7, 11) is 1.55. The van der Waals surface area contributed by atoms with Gasteiger partial charge in [-0.1, -0.05) is 0 Å². The zero-order valence-corrected chi connectivity index (χ0v) is 12.9. The number of rotatable bonds is 2. The normalized spacial score (nSPS) is 19.2. The highest BCUT2D eigenvalue weighted by molar-refractivity contribution is 8.13. The Morgan fingerprint density at radius 3 is 2.86 bits per heavy atom. The minimum absolute atomic E-state index is 0.00533. The third-order valence-corrected chi connectivity index (χ3v) is 5.04. The van der Waals surface area contributed by atoms with E-state index in [9.17, 15) is 13.2 Å². The Bertz CT molecular complexity index is 823. The molecule has 2 heterocycles. The van der Waals surface area contributed by atoms with E-state index < -0.39 is 9.05 Å². The summed E-state index contributed by atoms with van der Waals surface area (Å²) in [6, 6.07) is 4.17. The molecular weight excluding hydrogens is 314 g/mol. The fourth-order valence-electron chi connectivity index (χ4n) is 2.61. The van der Waals surface area contributed by atoms with Crippen molar-refractivity contribution in [1.29, 1.82) is 0 Å². The lowest BCUT2D eigenvalue weighted by molar-refractivity contribution is 0.0859. The molecule has 8 heteroatoms. The van der Waals surface area contributed by atoms with Crippen LogP contribution in [0.1, 0.15) is 23.3 Å². The van der Waals surface area contributed by atoms with E-state index in [1.54, 1.807) is 13.0 Å². The highest BCUT2D eigenvalue weighted by Gasteiger charge is 2.26. The molecule has 1 aliphatic heterocycles. The first-order valence-corrected chi connectivity index (χ1v) is 8.90. The van der Waals surface area contributed by atoms with E-state index in [2.05, 4.69) is 10.4 Å². The molecule has 112 valence electrons. The molecule has 0 bridgehead atoms. The Labute approximate surface area is 126 Å². The second-order valence-corrected chi connectivity index (χ2v) is 7.67. The van der Waals surface area contributed by atoms with Crippen LogP contribution in [0.25, 0.3) is 10.9 Å². The number of halogens is 1. The number of nitrogens with zero attached hydrogens (tertiary/aromatic N) is 2. The lowest BCUT2D eigenvalue weighted by Gasteiger charge is -2.09. The molecular formula is C13H14ClN3O3S. The SMILES string of the molecule is Cc1nn(C(=O)[C@@H]2CCCN2)c2ccc(S(=O)(=O)Cl)cc12. The van der Waals surface area contributed by atoms with Gasteiger partial charge in [-0.3, -0.25) is 4.79 Å². The van der Waals surface area contributed by atoms with Crippen molar-refractivity contribution in [3.8, 4) is 0 Å². The first-order chi connectivity index (χ1) is 9.88. The molecule has 0 aliphatic carbocycles. The molecule has 3 rings (SSSR count). The first kappa shape index (κ1) is 14.5. The average molecular weight is 328 g/mol. The van der Waals surface area contributed by atoms with E-state index in [1.165, 1.54) is 16.8 Å². The van der Waals surface area contributed by atoms with Gasteiger partial charge in [0.15, 0.2) is 0 Å². The van der Waals surface area contributed by atoms with Crippen LogP contribution in [-0.2, 0) is 9.05 Å². The lowest BCUT2D eigenvalue weighted by atomic mass is 10.2. The molecule has 6 nitrogen and oxygen atoms in total. The van der Waals surface area contributed by atoms with E-state index in [4.69, 9.17) is 10.7 Å². The van der Waals surface area contributed by atoms with Crippen molar-refractivity contribution >= 4 is 36.5 Å². The Kier molecular flexibility index (Phi) is 3.51. The number of fused-ring (bicyclic) bond motifs is 1. The number of carbonyl (C=O) groups excluding carboxylic acids is 1. The molecule has 21 heavy (non-hydrogen) atoms. The Balaban J connectivity index is 2.11. The summed E-state index contributed by atoms with van der Waals surface area (Å²) in [5.41, 5.74) is 1.19. The van der Waals surface area contributed by atoms with Gasteiger partial charge in [0, 0.05) is 16.1 Å². The topological polar surface area (TPSA) is 81.1 Å². The van der Waals surface area contributed by atoms with Crippen molar-refractivity contribution in [2.75, 3.05) is 6.54 Å². The largest absolute Gasteiger partial charge is 0.306 e. The summed E-state index contributed by atoms with van der Waals surface area (Å²) >= 11 is 0. The van der Waals surface area contributed by atoms with Gasteiger partial charge < -0.3 is 5.32 Å². The maximum atomic E-state index is 12.4. The monoisotopic (exact) mass is 327 g/mol. The van der Waals surface area contributed by atoms with Gasteiger partial charge in [0.05, 0.1) is 22.1 Å². The van der Waals surface area contributed by atoms with Crippen molar-refractivity contribution < 1.29 is 13.2 Å². The van der Waals surface area contributed by atoms with Gasteiger partial charge in [0.25, 0.3) is 15.0 Å². The van der Waals surface area contributed by atoms with Crippen LogP contribution in [0.3, 0.4) is 0 Å². The molecule has 0 saturated carbocycles. The minimum atomic E-state index is -3.80. The van der Waals surface area contributed by atoms with Crippen LogP contribution in [0.2, 0.25) is 0 Å². The fraction of sp³-hybridized carbons (Fsp3) is 0.385. The number of hydrogen-bond donors (Lipinski definition) is 1. The molecule has 1 aromatic heterocycles. The quantitative estimate of drug-likeness (QED) is 0.848. The predicted octanol–water partition coefficient (Wildman–Crippen LogP) is 1.66. The third kappa shape index (κ3) is 2.56. The second kappa shape index (κ2) is 5.08.